The van der Waals surface area contributed by atoms with Crippen LogP contribution in [0.2, 0.25) is 0 Å². The molecule has 0 aliphatic rings. The van der Waals surface area contributed by atoms with Crippen LogP contribution in [0.5, 0.6) is 11.5 Å². The average molecular weight is 390 g/mol. The molecule has 0 atom stereocenters. The van der Waals surface area contributed by atoms with Crippen molar-refractivity contribution in [2.75, 3.05) is 24.9 Å². The Morgan fingerprint density at radius 3 is 2.24 bits per heavy atom. The average Bonchev–Trinajstić information content (AvgIpc) is 3.16. The third-order valence-corrected chi connectivity index (χ3v) is 4.24. The van der Waals surface area contributed by atoms with Gasteiger partial charge in [0, 0.05) is 11.3 Å². The predicted octanol–water partition coefficient (Wildman–Crippen LogP) is 3.68. The van der Waals surface area contributed by atoms with Crippen LogP contribution >= 0.6 is 0 Å². The Bertz CT molecular complexity index is 1140. The molecule has 0 saturated heterocycles. The molecular weight excluding hydrogens is 372 g/mol. The maximum atomic E-state index is 12.3. The molecule has 29 heavy (non-hydrogen) atoms. The molecule has 0 radical (unpaired) electrons. The maximum Gasteiger partial charge on any atom is 0.324 e. The van der Waals surface area contributed by atoms with Crippen LogP contribution in [0.4, 0.5) is 16.3 Å². The third kappa shape index (κ3) is 3.93. The van der Waals surface area contributed by atoms with E-state index in [0.29, 0.717) is 34.1 Å². The topological polar surface area (TPSA) is 114 Å². The number of H-pyrrole nitrogens is 1. The van der Waals surface area contributed by atoms with Gasteiger partial charge in [-0.15, -0.1) is 0 Å². The number of carbonyl (C=O) groups is 1. The molecule has 4 aromatic rings. The normalized spacial score (nSPS) is 10.6. The number of nitrogens with zero attached hydrogens (tertiary/aromatic N) is 3. The molecule has 2 aromatic heterocycles. The number of benzene rings is 2. The molecule has 9 nitrogen and oxygen atoms in total. The van der Waals surface area contributed by atoms with Crippen LogP contribution in [0.25, 0.3) is 22.4 Å². The summed E-state index contributed by atoms with van der Waals surface area (Å²) in [4.78, 5) is 21.2. The number of anilines is 2. The fourth-order valence-electron chi connectivity index (χ4n) is 2.73. The monoisotopic (exact) mass is 390 g/mol. The SMILES string of the molecule is COc1ccc(NC(=O)Nc2[nH]nc3ncc(-c4ccc(OC)cc4)nc23)cc1. The second-order valence-electron chi connectivity index (χ2n) is 6.06. The Labute approximate surface area is 166 Å². The van der Waals surface area contributed by atoms with Gasteiger partial charge >= 0.3 is 6.03 Å². The highest BCUT2D eigenvalue weighted by Gasteiger charge is 2.13. The fraction of sp³-hybridized carbons (Fsp3) is 0.100. The fourth-order valence-corrected chi connectivity index (χ4v) is 2.73. The molecular formula is C20H18N6O3. The van der Waals surface area contributed by atoms with Crippen molar-refractivity contribution in [2.45, 2.75) is 0 Å². The lowest BCUT2D eigenvalue weighted by Gasteiger charge is -2.07. The van der Waals surface area contributed by atoms with Crippen LogP contribution in [0.15, 0.2) is 54.7 Å². The van der Waals surface area contributed by atoms with Gasteiger partial charge in [-0.3, -0.25) is 10.4 Å². The van der Waals surface area contributed by atoms with E-state index >= 15 is 0 Å². The maximum absolute atomic E-state index is 12.3. The van der Waals surface area contributed by atoms with Gasteiger partial charge in [0.2, 0.25) is 5.65 Å². The standard InChI is InChI=1S/C20H18N6O3/c1-28-14-7-3-12(4-8-14)16-11-21-18-17(23-16)19(26-25-18)24-20(27)22-13-5-9-15(29-2)10-6-13/h3-11H,1-2H3,(H3,21,22,24,25,26,27). The van der Waals surface area contributed by atoms with Crippen molar-refractivity contribution in [3.05, 3.63) is 54.7 Å². The highest BCUT2D eigenvalue weighted by molar-refractivity contribution is 6.03. The minimum Gasteiger partial charge on any atom is -0.497 e. The van der Waals surface area contributed by atoms with Gasteiger partial charge in [-0.25, -0.2) is 14.8 Å². The largest absolute Gasteiger partial charge is 0.497 e. The van der Waals surface area contributed by atoms with Gasteiger partial charge in [-0.1, -0.05) is 0 Å². The number of aromatic amines is 1. The van der Waals surface area contributed by atoms with E-state index in [0.717, 1.165) is 11.3 Å². The van der Waals surface area contributed by atoms with E-state index in [1.807, 2.05) is 24.3 Å². The number of hydrogen-bond donors (Lipinski definition) is 3. The van der Waals surface area contributed by atoms with Crippen LogP contribution < -0.4 is 20.1 Å². The zero-order valence-corrected chi connectivity index (χ0v) is 15.8. The lowest BCUT2D eigenvalue weighted by molar-refractivity contribution is 0.262. The number of aromatic nitrogens is 4. The summed E-state index contributed by atoms with van der Waals surface area (Å²) in [5, 5.41) is 12.3. The minimum atomic E-state index is -0.433. The van der Waals surface area contributed by atoms with E-state index in [-0.39, 0.29) is 0 Å². The molecule has 0 unspecified atom stereocenters. The molecule has 0 bridgehead atoms. The van der Waals surface area contributed by atoms with Crippen molar-refractivity contribution in [1.29, 1.82) is 0 Å². The van der Waals surface area contributed by atoms with Crippen LogP contribution in [0.1, 0.15) is 0 Å². The summed E-state index contributed by atoms with van der Waals surface area (Å²) in [6.45, 7) is 0. The zero-order chi connectivity index (χ0) is 20.2. The van der Waals surface area contributed by atoms with E-state index in [4.69, 9.17) is 9.47 Å². The Morgan fingerprint density at radius 1 is 0.931 bits per heavy atom. The first-order valence-corrected chi connectivity index (χ1v) is 8.74. The Hall–Kier alpha value is -4.14. The summed E-state index contributed by atoms with van der Waals surface area (Å²) >= 11 is 0. The van der Waals surface area contributed by atoms with Crippen LogP contribution in [-0.4, -0.2) is 40.4 Å². The number of carbonyl (C=O) groups excluding carboxylic acids is 1. The Morgan fingerprint density at radius 2 is 1.59 bits per heavy atom. The van der Waals surface area contributed by atoms with E-state index < -0.39 is 6.03 Å². The van der Waals surface area contributed by atoms with E-state index in [2.05, 4.69) is 30.8 Å². The molecule has 3 N–H and O–H groups in total. The molecule has 0 spiro atoms. The first kappa shape index (κ1) is 18.2. The third-order valence-electron chi connectivity index (χ3n) is 4.24. The molecule has 0 aliphatic carbocycles. The van der Waals surface area contributed by atoms with Crippen molar-refractivity contribution in [3.63, 3.8) is 0 Å². The molecule has 4 rings (SSSR count). The van der Waals surface area contributed by atoms with E-state index in [1.54, 1.807) is 44.7 Å². The Kier molecular flexibility index (Phi) is 4.93. The quantitative estimate of drug-likeness (QED) is 0.479. The summed E-state index contributed by atoms with van der Waals surface area (Å²) in [6.07, 6.45) is 1.63. The molecule has 0 aliphatic heterocycles. The Balaban J connectivity index is 1.54. The molecule has 0 fully saturated rings. The molecule has 9 heteroatoms. The number of methoxy groups -OCH3 is 2. The van der Waals surface area contributed by atoms with Crippen LogP contribution in [0.3, 0.4) is 0 Å². The minimum absolute atomic E-state index is 0.355. The van der Waals surface area contributed by atoms with Gasteiger partial charge in [-0.05, 0) is 48.5 Å². The second-order valence-corrected chi connectivity index (χ2v) is 6.06. The van der Waals surface area contributed by atoms with E-state index in [9.17, 15) is 4.79 Å². The first-order chi connectivity index (χ1) is 14.2. The van der Waals surface area contributed by atoms with Crippen molar-refractivity contribution in [1.82, 2.24) is 20.2 Å². The van der Waals surface area contributed by atoms with Gasteiger partial charge in [0.15, 0.2) is 11.3 Å². The predicted molar refractivity (Wildman–Crippen MR) is 109 cm³/mol. The smallest absolute Gasteiger partial charge is 0.324 e. The number of fused-ring (bicyclic) bond motifs is 1. The first-order valence-electron chi connectivity index (χ1n) is 8.74. The van der Waals surface area contributed by atoms with Crippen molar-refractivity contribution < 1.29 is 14.3 Å². The van der Waals surface area contributed by atoms with Crippen molar-refractivity contribution in [3.8, 4) is 22.8 Å². The number of urea groups is 1. The molecule has 146 valence electrons. The van der Waals surface area contributed by atoms with Gasteiger partial charge in [0.1, 0.15) is 11.5 Å². The summed E-state index contributed by atoms with van der Waals surface area (Å²) in [6, 6.07) is 14.0. The lowest BCUT2D eigenvalue weighted by Crippen LogP contribution is -2.19. The number of amides is 2. The number of rotatable bonds is 5. The zero-order valence-electron chi connectivity index (χ0n) is 15.8. The van der Waals surface area contributed by atoms with Crippen molar-refractivity contribution in [2.24, 2.45) is 0 Å². The number of ether oxygens (including phenoxy) is 2. The van der Waals surface area contributed by atoms with Crippen molar-refractivity contribution >= 4 is 28.7 Å². The van der Waals surface area contributed by atoms with Crippen LogP contribution in [0, 0.1) is 0 Å². The molecule has 2 amide bonds. The summed E-state index contributed by atoms with van der Waals surface area (Å²) in [7, 11) is 3.20. The summed E-state index contributed by atoms with van der Waals surface area (Å²) < 4.78 is 10.3. The van der Waals surface area contributed by atoms with Gasteiger partial charge in [0.25, 0.3) is 0 Å². The highest BCUT2D eigenvalue weighted by Crippen LogP contribution is 2.24. The van der Waals surface area contributed by atoms with Gasteiger partial charge in [0.05, 0.1) is 26.1 Å². The molecule has 2 heterocycles. The second kappa shape index (κ2) is 7.85. The van der Waals surface area contributed by atoms with Gasteiger partial charge < -0.3 is 14.8 Å². The summed E-state index contributed by atoms with van der Waals surface area (Å²) in [5.41, 5.74) is 3.01. The molecule has 2 aromatic carbocycles. The van der Waals surface area contributed by atoms with E-state index in [1.165, 1.54) is 0 Å². The van der Waals surface area contributed by atoms with Crippen LogP contribution in [-0.2, 0) is 0 Å². The highest BCUT2D eigenvalue weighted by atomic mass is 16.5. The lowest BCUT2D eigenvalue weighted by atomic mass is 10.1. The van der Waals surface area contributed by atoms with Gasteiger partial charge in [-0.2, -0.15) is 5.10 Å². The number of nitrogens with one attached hydrogen (secondary N) is 3. The summed E-state index contributed by atoms with van der Waals surface area (Å²) in [5.74, 6) is 1.81. The number of hydrogen-bond acceptors (Lipinski definition) is 6. The molecule has 0 saturated carbocycles.